The normalized spacial score (nSPS) is 22.3. The molecule has 6 nitrogen and oxygen atoms in total. The molecule has 0 bridgehead atoms. The molecule has 8 heteroatoms. The van der Waals surface area contributed by atoms with Crippen LogP contribution in [-0.4, -0.2) is 66.9 Å². The molecule has 1 saturated heterocycles. The molecule has 1 aliphatic heterocycles. The van der Waals surface area contributed by atoms with Crippen molar-refractivity contribution < 1.29 is 23.1 Å². The first-order chi connectivity index (χ1) is 8.41. The minimum atomic E-state index is -3.82. The van der Waals surface area contributed by atoms with E-state index in [1.807, 2.05) is 0 Å². The molecule has 1 aliphatic rings. The fraction of sp³-hybridized carbons (Fsp3) is 0.900. The third-order valence-corrected chi connectivity index (χ3v) is 6.32. The number of methoxy groups -OCH3 is 1. The molecular formula is C10H19NO5S2. The molecule has 1 rings (SSSR count). The summed E-state index contributed by atoms with van der Waals surface area (Å²) < 4.78 is 30.7. The summed E-state index contributed by atoms with van der Waals surface area (Å²) in [5.41, 5.74) is 0. The highest BCUT2D eigenvalue weighted by atomic mass is 32.2. The van der Waals surface area contributed by atoms with Gasteiger partial charge in [0.2, 0.25) is 10.0 Å². The lowest BCUT2D eigenvalue weighted by Crippen LogP contribution is -2.48. The van der Waals surface area contributed by atoms with E-state index in [0.717, 1.165) is 17.9 Å². The van der Waals surface area contributed by atoms with Crippen LogP contribution in [0.4, 0.5) is 0 Å². The lowest BCUT2D eigenvalue weighted by molar-refractivity contribution is -0.136. The fourth-order valence-electron chi connectivity index (χ4n) is 1.78. The molecular weight excluding hydrogens is 278 g/mol. The molecule has 18 heavy (non-hydrogen) atoms. The topological polar surface area (TPSA) is 83.9 Å². The number of carboxylic acid groups (broad SMARTS) is 1. The van der Waals surface area contributed by atoms with Crippen molar-refractivity contribution in [1.29, 1.82) is 0 Å². The maximum atomic E-state index is 12.2. The van der Waals surface area contributed by atoms with Crippen LogP contribution in [0, 0.1) is 0 Å². The maximum Gasteiger partial charge on any atom is 0.323 e. The lowest BCUT2D eigenvalue weighted by Gasteiger charge is -2.28. The Kier molecular flexibility index (Phi) is 5.90. The van der Waals surface area contributed by atoms with Gasteiger partial charge in [-0.1, -0.05) is 0 Å². The Morgan fingerprint density at radius 2 is 2.28 bits per heavy atom. The third-order valence-electron chi connectivity index (χ3n) is 2.95. The Bertz CT molecular complexity index is 378. The van der Waals surface area contributed by atoms with Crippen molar-refractivity contribution in [1.82, 2.24) is 4.31 Å². The van der Waals surface area contributed by atoms with Gasteiger partial charge in [0.1, 0.15) is 0 Å². The van der Waals surface area contributed by atoms with Crippen LogP contribution in [0.3, 0.4) is 0 Å². The second kappa shape index (κ2) is 6.74. The van der Waals surface area contributed by atoms with Crippen LogP contribution in [0.25, 0.3) is 0 Å². The average Bonchev–Trinajstić information content (AvgIpc) is 2.81. The first-order valence-electron chi connectivity index (χ1n) is 5.71. The van der Waals surface area contributed by atoms with Crippen LogP contribution in [0.5, 0.6) is 0 Å². The van der Waals surface area contributed by atoms with Gasteiger partial charge in [0.15, 0.2) is 5.25 Å². The van der Waals surface area contributed by atoms with E-state index in [9.17, 15) is 13.2 Å². The number of hydrogen-bond acceptors (Lipinski definition) is 5. The molecule has 106 valence electrons. The fourth-order valence-corrected chi connectivity index (χ4v) is 4.68. The zero-order chi connectivity index (χ0) is 13.8. The quantitative estimate of drug-likeness (QED) is 0.725. The van der Waals surface area contributed by atoms with E-state index in [1.165, 1.54) is 18.3 Å². The largest absolute Gasteiger partial charge is 0.480 e. The van der Waals surface area contributed by atoms with Gasteiger partial charge in [-0.2, -0.15) is 16.1 Å². The molecule has 0 amide bonds. The summed E-state index contributed by atoms with van der Waals surface area (Å²) >= 11 is 1.69. The highest BCUT2D eigenvalue weighted by Crippen LogP contribution is 2.26. The Balaban J connectivity index is 2.90. The van der Waals surface area contributed by atoms with Gasteiger partial charge in [-0.3, -0.25) is 4.79 Å². The summed E-state index contributed by atoms with van der Waals surface area (Å²) in [4.78, 5) is 10.9. The van der Waals surface area contributed by atoms with Gasteiger partial charge in [-0.05, 0) is 19.1 Å². The van der Waals surface area contributed by atoms with E-state index in [2.05, 4.69) is 0 Å². The van der Waals surface area contributed by atoms with Crippen molar-refractivity contribution in [2.45, 2.75) is 24.6 Å². The molecule has 0 aliphatic carbocycles. The van der Waals surface area contributed by atoms with E-state index in [1.54, 1.807) is 11.8 Å². The number of carboxylic acids is 1. The van der Waals surface area contributed by atoms with Gasteiger partial charge in [-0.15, -0.1) is 0 Å². The van der Waals surface area contributed by atoms with E-state index in [4.69, 9.17) is 9.84 Å². The number of hydrogen-bond donors (Lipinski definition) is 1. The van der Waals surface area contributed by atoms with Crippen LogP contribution in [0.1, 0.15) is 13.3 Å². The highest BCUT2D eigenvalue weighted by Gasteiger charge is 2.38. The molecule has 1 fully saturated rings. The Labute approximate surface area is 112 Å². The SMILES string of the molecule is COCCN(C1CCSC1)S(=O)(=O)C(C)C(=O)O. The maximum absolute atomic E-state index is 12.2. The first-order valence-corrected chi connectivity index (χ1v) is 8.37. The predicted molar refractivity (Wildman–Crippen MR) is 70.3 cm³/mol. The first kappa shape index (κ1) is 15.7. The second-order valence-corrected chi connectivity index (χ2v) is 7.50. The Morgan fingerprint density at radius 3 is 2.72 bits per heavy atom. The molecule has 0 aromatic heterocycles. The van der Waals surface area contributed by atoms with Gasteiger partial charge in [0.25, 0.3) is 0 Å². The van der Waals surface area contributed by atoms with Crippen molar-refractivity contribution in [3.8, 4) is 0 Å². The number of carbonyl (C=O) groups is 1. The zero-order valence-corrected chi connectivity index (χ0v) is 12.2. The van der Waals surface area contributed by atoms with Gasteiger partial charge in [0.05, 0.1) is 6.61 Å². The molecule has 2 unspecified atom stereocenters. The van der Waals surface area contributed by atoms with Crippen molar-refractivity contribution in [2.24, 2.45) is 0 Å². The Morgan fingerprint density at radius 1 is 1.61 bits per heavy atom. The molecule has 0 aromatic carbocycles. The van der Waals surface area contributed by atoms with E-state index >= 15 is 0 Å². The van der Waals surface area contributed by atoms with Gasteiger partial charge in [-0.25, -0.2) is 8.42 Å². The number of ether oxygens (including phenoxy) is 1. The molecule has 0 saturated carbocycles. The van der Waals surface area contributed by atoms with E-state index in [-0.39, 0.29) is 19.2 Å². The number of nitrogens with zero attached hydrogens (tertiary/aromatic N) is 1. The molecule has 2 atom stereocenters. The summed E-state index contributed by atoms with van der Waals surface area (Å²) in [6.45, 7) is 1.69. The summed E-state index contributed by atoms with van der Waals surface area (Å²) in [7, 11) is -2.32. The monoisotopic (exact) mass is 297 g/mol. The van der Waals surface area contributed by atoms with Gasteiger partial charge >= 0.3 is 5.97 Å². The Hall–Kier alpha value is -0.310. The smallest absolute Gasteiger partial charge is 0.323 e. The number of thioether (sulfide) groups is 1. The molecule has 1 N–H and O–H groups in total. The van der Waals surface area contributed by atoms with E-state index in [0.29, 0.717) is 0 Å². The van der Waals surface area contributed by atoms with Crippen molar-refractivity contribution in [3.05, 3.63) is 0 Å². The minimum absolute atomic E-state index is 0.114. The standard InChI is InChI=1S/C10H19NO5S2/c1-8(10(12)13)18(14,15)11(4-5-16-2)9-3-6-17-7-9/h8-9H,3-7H2,1-2H3,(H,12,13). The third kappa shape index (κ3) is 3.59. The van der Waals surface area contributed by atoms with Crippen LogP contribution >= 0.6 is 11.8 Å². The molecule has 0 spiro atoms. The predicted octanol–water partition coefficient (Wildman–Crippen LogP) is 0.243. The highest BCUT2D eigenvalue weighted by molar-refractivity contribution is 7.99. The number of sulfonamides is 1. The van der Waals surface area contributed by atoms with Crippen molar-refractivity contribution >= 4 is 27.8 Å². The number of aliphatic carboxylic acids is 1. The lowest BCUT2D eigenvalue weighted by atomic mass is 10.3. The summed E-state index contributed by atoms with van der Waals surface area (Å²) in [6, 6.07) is -0.114. The second-order valence-electron chi connectivity index (χ2n) is 4.15. The van der Waals surface area contributed by atoms with Gasteiger partial charge in [0, 0.05) is 25.4 Å². The average molecular weight is 297 g/mol. The minimum Gasteiger partial charge on any atom is -0.480 e. The summed E-state index contributed by atoms with van der Waals surface area (Å²) in [6.07, 6.45) is 0.764. The van der Waals surface area contributed by atoms with Crippen LogP contribution in [-0.2, 0) is 19.6 Å². The summed E-state index contributed by atoms with van der Waals surface area (Å²) in [5.74, 6) is 0.309. The van der Waals surface area contributed by atoms with Crippen LogP contribution < -0.4 is 0 Å². The van der Waals surface area contributed by atoms with Crippen molar-refractivity contribution in [3.63, 3.8) is 0 Å². The number of rotatable bonds is 7. The molecule has 0 radical (unpaired) electrons. The van der Waals surface area contributed by atoms with Crippen LogP contribution in [0.15, 0.2) is 0 Å². The molecule has 1 heterocycles. The summed E-state index contributed by atoms with van der Waals surface area (Å²) in [5, 5.41) is 7.48. The zero-order valence-electron chi connectivity index (χ0n) is 10.5. The van der Waals surface area contributed by atoms with E-state index < -0.39 is 21.2 Å². The van der Waals surface area contributed by atoms with Crippen molar-refractivity contribution in [2.75, 3.05) is 31.8 Å². The van der Waals surface area contributed by atoms with Gasteiger partial charge < -0.3 is 9.84 Å². The van der Waals surface area contributed by atoms with Crippen LogP contribution in [0.2, 0.25) is 0 Å². The molecule has 0 aromatic rings.